The molecule has 3 rings (SSSR count). The number of nitrogens with zero attached hydrogens (tertiary/aromatic N) is 3. The molecule has 7 heteroatoms. The van der Waals surface area contributed by atoms with E-state index in [-0.39, 0.29) is 30.3 Å². The molecule has 0 N–H and O–H groups in total. The zero-order chi connectivity index (χ0) is 20.3. The first-order valence-electron chi connectivity index (χ1n) is 9.49. The van der Waals surface area contributed by atoms with E-state index in [1.165, 1.54) is 21.9 Å². The Balaban J connectivity index is 1.89. The van der Waals surface area contributed by atoms with Crippen molar-refractivity contribution in [3.63, 3.8) is 0 Å². The minimum Gasteiger partial charge on any atom is -0.331 e. The Morgan fingerprint density at radius 1 is 1.21 bits per heavy atom. The van der Waals surface area contributed by atoms with Gasteiger partial charge in [-0.2, -0.15) is 0 Å². The molecule has 1 aliphatic rings. The van der Waals surface area contributed by atoms with E-state index in [4.69, 9.17) is 0 Å². The first-order valence-corrected chi connectivity index (χ1v) is 10.4. The van der Waals surface area contributed by atoms with Crippen molar-refractivity contribution in [1.82, 2.24) is 14.7 Å². The Kier molecular flexibility index (Phi) is 6.34. The van der Waals surface area contributed by atoms with Gasteiger partial charge in [-0.05, 0) is 47.5 Å². The van der Waals surface area contributed by atoms with E-state index in [1.807, 2.05) is 23.3 Å². The lowest BCUT2D eigenvalue weighted by Gasteiger charge is -2.38. The molecule has 0 radical (unpaired) electrons. The van der Waals surface area contributed by atoms with Crippen LogP contribution in [0.3, 0.4) is 0 Å². The standard InChI is InChI=1S/C21H26FN3O2S/c1-4-11-24(21(27)23(2)3)14-19(26)25-12-9-18-17(10-13-28-18)20(25)15-5-7-16(22)8-6-15/h5-8,10,13,20H,4,9,11-12,14H2,1-3H3/t20-/m0/s1. The van der Waals surface area contributed by atoms with Crippen molar-refractivity contribution < 1.29 is 14.0 Å². The van der Waals surface area contributed by atoms with Crippen molar-refractivity contribution in [2.45, 2.75) is 25.8 Å². The average Bonchev–Trinajstić information content (AvgIpc) is 3.15. The lowest BCUT2D eigenvalue weighted by Crippen LogP contribution is -2.49. The number of hydrogen-bond acceptors (Lipinski definition) is 3. The number of fused-ring (bicyclic) bond motifs is 1. The highest BCUT2D eigenvalue weighted by Crippen LogP contribution is 2.37. The van der Waals surface area contributed by atoms with Gasteiger partial charge in [0.05, 0.1) is 6.04 Å². The summed E-state index contributed by atoms with van der Waals surface area (Å²) >= 11 is 1.69. The maximum Gasteiger partial charge on any atom is 0.319 e. The summed E-state index contributed by atoms with van der Waals surface area (Å²) in [7, 11) is 3.38. The Morgan fingerprint density at radius 2 is 1.93 bits per heavy atom. The number of urea groups is 1. The minimum atomic E-state index is -0.298. The molecule has 3 amide bonds. The van der Waals surface area contributed by atoms with Gasteiger partial charge >= 0.3 is 6.03 Å². The number of carbonyl (C=O) groups is 2. The van der Waals surface area contributed by atoms with Crippen molar-refractivity contribution in [1.29, 1.82) is 0 Å². The molecule has 0 unspecified atom stereocenters. The van der Waals surface area contributed by atoms with Gasteiger partial charge in [0.25, 0.3) is 0 Å². The molecule has 28 heavy (non-hydrogen) atoms. The van der Waals surface area contributed by atoms with Crippen LogP contribution >= 0.6 is 11.3 Å². The van der Waals surface area contributed by atoms with Crippen molar-refractivity contribution in [3.05, 3.63) is 57.5 Å². The van der Waals surface area contributed by atoms with E-state index < -0.39 is 0 Å². The highest BCUT2D eigenvalue weighted by molar-refractivity contribution is 7.10. The van der Waals surface area contributed by atoms with Crippen molar-refractivity contribution in [2.75, 3.05) is 33.7 Å². The lowest BCUT2D eigenvalue weighted by molar-refractivity contribution is -0.134. The Labute approximate surface area is 169 Å². The van der Waals surface area contributed by atoms with Crippen LogP contribution in [0.25, 0.3) is 0 Å². The van der Waals surface area contributed by atoms with Crippen LogP contribution in [0.15, 0.2) is 35.7 Å². The molecule has 0 bridgehead atoms. The van der Waals surface area contributed by atoms with Gasteiger partial charge in [-0.15, -0.1) is 11.3 Å². The van der Waals surface area contributed by atoms with E-state index in [9.17, 15) is 14.0 Å². The minimum absolute atomic E-state index is 0.0437. The van der Waals surface area contributed by atoms with Gasteiger partial charge in [0.15, 0.2) is 0 Å². The molecule has 150 valence electrons. The molecule has 1 aromatic heterocycles. The Bertz CT molecular complexity index is 834. The molecule has 1 aromatic carbocycles. The van der Waals surface area contributed by atoms with Gasteiger partial charge in [-0.3, -0.25) is 4.79 Å². The maximum absolute atomic E-state index is 13.4. The van der Waals surface area contributed by atoms with Gasteiger partial charge in [-0.25, -0.2) is 9.18 Å². The average molecular weight is 404 g/mol. The van der Waals surface area contributed by atoms with Crippen LogP contribution in [0.2, 0.25) is 0 Å². The first-order chi connectivity index (χ1) is 13.4. The summed E-state index contributed by atoms with van der Waals surface area (Å²) in [5.74, 6) is -0.386. The molecule has 1 atom stereocenters. The highest BCUT2D eigenvalue weighted by atomic mass is 32.1. The van der Waals surface area contributed by atoms with Gasteiger partial charge < -0.3 is 14.7 Å². The molecule has 0 saturated carbocycles. The van der Waals surface area contributed by atoms with Crippen molar-refractivity contribution in [2.24, 2.45) is 0 Å². The number of benzene rings is 1. The fraction of sp³-hybridized carbons (Fsp3) is 0.429. The second kappa shape index (κ2) is 8.73. The van der Waals surface area contributed by atoms with E-state index in [1.54, 1.807) is 42.5 Å². The highest BCUT2D eigenvalue weighted by Gasteiger charge is 2.34. The smallest absolute Gasteiger partial charge is 0.319 e. The summed E-state index contributed by atoms with van der Waals surface area (Å²) in [5.41, 5.74) is 1.98. The predicted molar refractivity (Wildman–Crippen MR) is 109 cm³/mol. The normalized spacial score (nSPS) is 15.9. The van der Waals surface area contributed by atoms with E-state index in [0.717, 1.165) is 24.0 Å². The summed E-state index contributed by atoms with van der Waals surface area (Å²) < 4.78 is 13.4. The molecular weight excluding hydrogens is 377 g/mol. The van der Waals surface area contributed by atoms with Crippen LogP contribution in [0, 0.1) is 5.82 Å². The third-order valence-corrected chi connectivity index (χ3v) is 5.94. The molecule has 0 spiro atoms. The van der Waals surface area contributed by atoms with E-state index in [0.29, 0.717) is 13.1 Å². The van der Waals surface area contributed by atoms with Crippen LogP contribution in [-0.2, 0) is 11.2 Å². The third-order valence-electron chi connectivity index (χ3n) is 4.94. The Hall–Kier alpha value is -2.41. The number of carbonyl (C=O) groups excluding carboxylic acids is 2. The number of rotatable bonds is 5. The molecular formula is C21H26FN3O2S. The lowest BCUT2D eigenvalue weighted by atomic mass is 9.93. The predicted octanol–water partition coefficient (Wildman–Crippen LogP) is 3.75. The van der Waals surface area contributed by atoms with Crippen LogP contribution in [0.5, 0.6) is 0 Å². The van der Waals surface area contributed by atoms with Crippen molar-refractivity contribution in [3.8, 4) is 0 Å². The molecule has 2 heterocycles. The van der Waals surface area contributed by atoms with E-state index in [2.05, 4.69) is 0 Å². The molecule has 2 aromatic rings. The number of hydrogen-bond donors (Lipinski definition) is 0. The molecule has 5 nitrogen and oxygen atoms in total. The topological polar surface area (TPSA) is 43.9 Å². The monoisotopic (exact) mass is 403 g/mol. The van der Waals surface area contributed by atoms with Crippen LogP contribution < -0.4 is 0 Å². The summed E-state index contributed by atoms with van der Waals surface area (Å²) in [6, 6.07) is 7.96. The SMILES string of the molecule is CCCN(CC(=O)N1CCc2sccc2[C@@H]1c1ccc(F)cc1)C(=O)N(C)C. The number of thiophene rings is 1. The fourth-order valence-corrected chi connectivity index (χ4v) is 4.54. The van der Waals surface area contributed by atoms with Gasteiger partial charge in [0.2, 0.25) is 5.91 Å². The molecule has 1 aliphatic heterocycles. The zero-order valence-corrected chi connectivity index (χ0v) is 17.3. The second-order valence-corrected chi connectivity index (χ2v) is 8.19. The summed E-state index contributed by atoms with van der Waals surface area (Å²) in [4.78, 5) is 31.8. The van der Waals surface area contributed by atoms with Crippen LogP contribution in [-0.4, -0.2) is 60.4 Å². The zero-order valence-electron chi connectivity index (χ0n) is 16.5. The molecule has 0 aliphatic carbocycles. The second-order valence-electron chi connectivity index (χ2n) is 7.19. The Morgan fingerprint density at radius 3 is 2.57 bits per heavy atom. The molecule has 0 saturated heterocycles. The van der Waals surface area contributed by atoms with Gasteiger partial charge in [0, 0.05) is 32.1 Å². The fourth-order valence-electron chi connectivity index (χ4n) is 3.64. The number of amides is 3. The van der Waals surface area contributed by atoms with Crippen LogP contribution in [0.4, 0.5) is 9.18 Å². The largest absolute Gasteiger partial charge is 0.331 e. The van der Waals surface area contributed by atoms with Gasteiger partial charge in [-0.1, -0.05) is 19.1 Å². The molecule has 0 fully saturated rings. The summed E-state index contributed by atoms with van der Waals surface area (Å²) in [5, 5.41) is 2.04. The van der Waals surface area contributed by atoms with Gasteiger partial charge in [0.1, 0.15) is 12.4 Å². The van der Waals surface area contributed by atoms with Crippen molar-refractivity contribution >= 4 is 23.3 Å². The maximum atomic E-state index is 13.4. The third kappa shape index (κ3) is 4.19. The van der Waals surface area contributed by atoms with E-state index >= 15 is 0 Å². The first kappa shape index (κ1) is 20.3. The summed E-state index contributed by atoms with van der Waals surface area (Å²) in [6.45, 7) is 3.15. The summed E-state index contributed by atoms with van der Waals surface area (Å²) in [6.07, 6.45) is 1.58. The van der Waals surface area contributed by atoms with Crippen LogP contribution in [0.1, 0.15) is 35.4 Å². The number of halogens is 1. The quantitative estimate of drug-likeness (QED) is 0.763.